The molecule has 0 spiro atoms. The van der Waals surface area contributed by atoms with E-state index in [0.717, 1.165) is 44.0 Å². The SMILES string of the molecule is CCN1CCN(c2ccc(NC(=O)C(Cc3ccccc3)NC(=O)c3ccccc3)cc2)CC1. The van der Waals surface area contributed by atoms with Gasteiger partial charge in [0, 0.05) is 49.5 Å². The van der Waals surface area contributed by atoms with E-state index in [1.54, 1.807) is 12.1 Å². The summed E-state index contributed by atoms with van der Waals surface area (Å²) in [5.41, 5.74) is 3.39. The Labute approximate surface area is 201 Å². The maximum atomic E-state index is 13.2. The molecule has 2 N–H and O–H groups in total. The van der Waals surface area contributed by atoms with E-state index in [1.165, 1.54) is 0 Å². The zero-order chi connectivity index (χ0) is 23.8. The highest BCUT2D eigenvalue weighted by Crippen LogP contribution is 2.20. The van der Waals surface area contributed by atoms with Gasteiger partial charge < -0.3 is 20.4 Å². The third-order valence-corrected chi connectivity index (χ3v) is 6.26. The second-order valence-corrected chi connectivity index (χ2v) is 8.54. The summed E-state index contributed by atoms with van der Waals surface area (Å²) in [5.74, 6) is -0.504. The molecular weight excluding hydrogens is 424 g/mol. The maximum absolute atomic E-state index is 13.2. The first-order valence-electron chi connectivity index (χ1n) is 11.9. The Bertz CT molecular complexity index is 1060. The van der Waals surface area contributed by atoms with Crippen molar-refractivity contribution in [2.75, 3.05) is 42.9 Å². The van der Waals surface area contributed by atoms with Gasteiger partial charge in [0.05, 0.1) is 0 Å². The van der Waals surface area contributed by atoms with E-state index in [4.69, 9.17) is 0 Å². The molecule has 34 heavy (non-hydrogen) atoms. The lowest BCUT2D eigenvalue weighted by atomic mass is 10.0. The Morgan fingerprint density at radius 1 is 0.824 bits per heavy atom. The highest BCUT2D eigenvalue weighted by Gasteiger charge is 2.22. The first-order valence-corrected chi connectivity index (χ1v) is 11.9. The van der Waals surface area contributed by atoms with Crippen LogP contribution in [0.2, 0.25) is 0 Å². The van der Waals surface area contributed by atoms with Gasteiger partial charge >= 0.3 is 0 Å². The molecule has 176 valence electrons. The van der Waals surface area contributed by atoms with Crippen molar-refractivity contribution in [1.29, 1.82) is 0 Å². The third-order valence-electron chi connectivity index (χ3n) is 6.26. The molecule has 4 rings (SSSR count). The number of piperazine rings is 1. The van der Waals surface area contributed by atoms with E-state index in [-0.39, 0.29) is 11.8 Å². The second-order valence-electron chi connectivity index (χ2n) is 8.54. The number of amides is 2. The molecule has 0 aromatic heterocycles. The molecule has 0 saturated carbocycles. The number of nitrogens with zero attached hydrogens (tertiary/aromatic N) is 2. The molecule has 0 radical (unpaired) electrons. The molecule has 0 aliphatic carbocycles. The number of hydrogen-bond donors (Lipinski definition) is 2. The topological polar surface area (TPSA) is 64.7 Å². The third kappa shape index (κ3) is 6.23. The standard InChI is InChI=1S/C28H32N4O2/c1-2-31-17-19-32(20-18-31)25-15-13-24(14-16-25)29-28(34)26(21-22-9-5-3-6-10-22)30-27(33)23-11-7-4-8-12-23/h3-16,26H,2,17-21H2,1H3,(H,29,34)(H,30,33). The van der Waals surface area contributed by atoms with Gasteiger partial charge in [-0.3, -0.25) is 9.59 Å². The number of likely N-dealkylation sites (N-methyl/N-ethyl adjacent to an activating group) is 1. The normalized spacial score (nSPS) is 14.9. The van der Waals surface area contributed by atoms with Crippen molar-refractivity contribution >= 4 is 23.2 Å². The number of rotatable bonds is 8. The van der Waals surface area contributed by atoms with Crippen molar-refractivity contribution in [3.05, 3.63) is 96.1 Å². The molecular formula is C28H32N4O2. The molecule has 1 fully saturated rings. The Hall–Kier alpha value is -3.64. The van der Waals surface area contributed by atoms with Gasteiger partial charge in [-0.25, -0.2) is 0 Å². The first kappa shape index (κ1) is 23.5. The quantitative estimate of drug-likeness (QED) is 0.541. The molecule has 3 aromatic rings. The van der Waals surface area contributed by atoms with Gasteiger partial charge in [0.25, 0.3) is 5.91 Å². The average Bonchev–Trinajstić information content (AvgIpc) is 2.90. The highest BCUT2D eigenvalue weighted by atomic mass is 16.2. The van der Waals surface area contributed by atoms with Crippen LogP contribution < -0.4 is 15.5 Å². The number of hydrogen-bond acceptors (Lipinski definition) is 4. The van der Waals surface area contributed by atoms with Crippen LogP contribution in [-0.4, -0.2) is 55.5 Å². The summed E-state index contributed by atoms with van der Waals surface area (Å²) in [6, 6.07) is 25.9. The van der Waals surface area contributed by atoms with Crippen molar-refractivity contribution in [3.63, 3.8) is 0 Å². The van der Waals surface area contributed by atoms with Crippen LogP contribution in [0.15, 0.2) is 84.9 Å². The lowest BCUT2D eigenvalue weighted by molar-refractivity contribution is -0.118. The van der Waals surface area contributed by atoms with E-state index in [0.29, 0.717) is 17.7 Å². The molecule has 1 heterocycles. The van der Waals surface area contributed by atoms with Crippen LogP contribution in [-0.2, 0) is 11.2 Å². The van der Waals surface area contributed by atoms with Gasteiger partial charge in [0.2, 0.25) is 5.91 Å². The largest absolute Gasteiger partial charge is 0.369 e. The fraction of sp³-hybridized carbons (Fsp3) is 0.286. The van der Waals surface area contributed by atoms with Crippen LogP contribution in [0.5, 0.6) is 0 Å². The molecule has 6 heteroatoms. The molecule has 1 aliphatic heterocycles. The summed E-state index contributed by atoms with van der Waals surface area (Å²) in [6.07, 6.45) is 0.408. The van der Waals surface area contributed by atoms with Crippen LogP contribution in [0.4, 0.5) is 11.4 Å². The highest BCUT2D eigenvalue weighted by molar-refractivity contribution is 6.01. The predicted molar refractivity (Wildman–Crippen MR) is 137 cm³/mol. The number of anilines is 2. The van der Waals surface area contributed by atoms with Crippen molar-refractivity contribution < 1.29 is 9.59 Å². The van der Waals surface area contributed by atoms with Crippen LogP contribution in [0.25, 0.3) is 0 Å². The smallest absolute Gasteiger partial charge is 0.251 e. The van der Waals surface area contributed by atoms with Gasteiger partial charge in [-0.1, -0.05) is 55.5 Å². The first-order chi connectivity index (χ1) is 16.6. The summed E-state index contributed by atoms with van der Waals surface area (Å²) < 4.78 is 0. The van der Waals surface area contributed by atoms with E-state index < -0.39 is 6.04 Å². The van der Waals surface area contributed by atoms with Crippen LogP contribution in [0.1, 0.15) is 22.8 Å². The van der Waals surface area contributed by atoms with Gasteiger partial charge in [-0.2, -0.15) is 0 Å². The van der Waals surface area contributed by atoms with Crippen molar-refractivity contribution in [1.82, 2.24) is 10.2 Å². The van der Waals surface area contributed by atoms with Crippen molar-refractivity contribution in [3.8, 4) is 0 Å². The Balaban J connectivity index is 1.42. The zero-order valence-corrected chi connectivity index (χ0v) is 19.6. The van der Waals surface area contributed by atoms with Crippen LogP contribution in [0.3, 0.4) is 0 Å². The molecule has 1 saturated heterocycles. The zero-order valence-electron chi connectivity index (χ0n) is 19.6. The number of carbonyl (C=O) groups excluding carboxylic acids is 2. The Morgan fingerprint density at radius 2 is 1.44 bits per heavy atom. The lowest BCUT2D eigenvalue weighted by Crippen LogP contribution is -2.46. The predicted octanol–water partition coefficient (Wildman–Crippen LogP) is 3.81. The lowest BCUT2D eigenvalue weighted by Gasteiger charge is -2.35. The average molecular weight is 457 g/mol. The van der Waals surface area contributed by atoms with E-state index in [2.05, 4.69) is 27.4 Å². The molecule has 0 bridgehead atoms. The molecule has 1 atom stereocenters. The fourth-order valence-corrected chi connectivity index (χ4v) is 4.20. The minimum absolute atomic E-state index is 0.238. The minimum Gasteiger partial charge on any atom is -0.369 e. The fourth-order valence-electron chi connectivity index (χ4n) is 4.20. The molecule has 6 nitrogen and oxygen atoms in total. The second kappa shape index (κ2) is 11.5. The van der Waals surface area contributed by atoms with Gasteiger partial charge in [0.1, 0.15) is 6.04 Å². The van der Waals surface area contributed by atoms with Crippen molar-refractivity contribution in [2.45, 2.75) is 19.4 Å². The summed E-state index contributed by atoms with van der Waals surface area (Å²) in [6.45, 7) is 7.42. The maximum Gasteiger partial charge on any atom is 0.251 e. The number of nitrogens with one attached hydrogen (secondary N) is 2. The van der Waals surface area contributed by atoms with Gasteiger partial charge in [-0.15, -0.1) is 0 Å². The summed E-state index contributed by atoms with van der Waals surface area (Å²) in [4.78, 5) is 30.8. The van der Waals surface area contributed by atoms with Crippen molar-refractivity contribution in [2.24, 2.45) is 0 Å². The van der Waals surface area contributed by atoms with E-state index in [1.807, 2.05) is 72.8 Å². The summed E-state index contributed by atoms with van der Waals surface area (Å²) >= 11 is 0. The molecule has 3 aromatic carbocycles. The van der Waals surface area contributed by atoms with Crippen LogP contribution >= 0.6 is 0 Å². The Morgan fingerprint density at radius 3 is 2.06 bits per heavy atom. The minimum atomic E-state index is -0.697. The van der Waals surface area contributed by atoms with E-state index in [9.17, 15) is 9.59 Å². The van der Waals surface area contributed by atoms with Gasteiger partial charge in [0.15, 0.2) is 0 Å². The molecule has 1 aliphatic rings. The summed E-state index contributed by atoms with van der Waals surface area (Å²) in [5, 5.41) is 5.90. The molecule has 1 unspecified atom stereocenters. The Kier molecular flexibility index (Phi) is 7.94. The number of benzene rings is 3. The van der Waals surface area contributed by atoms with E-state index >= 15 is 0 Å². The monoisotopic (exact) mass is 456 g/mol. The van der Waals surface area contributed by atoms with Crippen LogP contribution in [0, 0.1) is 0 Å². The summed E-state index contributed by atoms with van der Waals surface area (Å²) in [7, 11) is 0. The molecule has 2 amide bonds. The number of carbonyl (C=O) groups is 2. The van der Waals surface area contributed by atoms with Gasteiger partial charge in [-0.05, 0) is 48.5 Å².